The fourth-order valence-electron chi connectivity index (χ4n) is 3.23. The molecule has 26 heavy (non-hydrogen) atoms. The molecule has 1 heterocycles. The van der Waals surface area contributed by atoms with Gasteiger partial charge in [0.15, 0.2) is 0 Å². The largest absolute Gasteiger partial charge is 0.347 e. The van der Waals surface area contributed by atoms with E-state index in [4.69, 9.17) is 0 Å². The number of benzene rings is 2. The van der Waals surface area contributed by atoms with Gasteiger partial charge in [-0.2, -0.15) is 5.10 Å². The van der Waals surface area contributed by atoms with E-state index in [1.54, 1.807) is 6.21 Å². The van der Waals surface area contributed by atoms with Crippen LogP contribution in [-0.2, 0) is 17.8 Å². The van der Waals surface area contributed by atoms with Gasteiger partial charge in [-0.15, -0.1) is 0 Å². The van der Waals surface area contributed by atoms with E-state index in [1.165, 1.54) is 11.1 Å². The van der Waals surface area contributed by atoms with E-state index in [0.29, 0.717) is 6.42 Å². The Bertz CT molecular complexity index is 953. The molecule has 0 radical (unpaired) electrons. The highest BCUT2D eigenvalue weighted by Gasteiger charge is 2.07. The van der Waals surface area contributed by atoms with Crippen LogP contribution in [0.2, 0.25) is 0 Å². The number of aryl methyl sites for hydroxylation is 3. The molecule has 0 spiro atoms. The number of carbonyl (C=O) groups is 1. The van der Waals surface area contributed by atoms with Gasteiger partial charge >= 0.3 is 0 Å². The zero-order valence-corrected chi connectivity index (χ0v) is 15.6. The van der Waals surface area contributed by atoms with E-state index in [2.05, 4.69) is 53.3 Å². The van der Waals surface area contributed by atoms with Crippen LogP contribution in [0.3, 0.4) is 0 Å². The molecule has 3 aromatic rings. The van der Waals surface area contributed by atoms with Gasteiger partial charge in [0.05, 0.1) is 12.6 Å². The monoisotopic (exact) mass is 347 g/mol. The number of rotatable bonds is 6. The van der Waals surface area contributed by atoms with Crippen molar-refractivity contribution in [3.8, 4) is 0 Å². The van der Waals surface area contributed by atoms with Crippen molar-refractivity contribution >= 4 is 23.0 Å². The molecule has 0 saturated carbocycles. The number of para-hydroxylation sites is 1. The van der Waals surface area contributed by atoms with Gasteiger partial charge in [0.1, 0.15) is 0 Å². The van der Waals surface area contributed by atoms with Gasteiger partial charge in [-0.1, -0.05) is 48.9 Å². The Morgan fingerprint density at radius 1 is 1.19 bits per heavy atom. The first-order valence-corrected chi connectivity index (χ1v) is 9.04. The molecule has 0 aliphatic carbocycles. The summed E-state index contributed by atoms with van der Waals surface area (Å²) in [5.41, 5.74) is 8.22. The number of hydrogen-bond donors (Lipinski definition) is 1. The standard InChI is InChI=1S/C22H25N3O/c1-4-11-25-15-19(20-7-5-6-8-21(20)25)14-23-24-22(26)13-18-10-9-16(2)12-17(18)3/h5-10,12,14-15H,4,11,13H2,1-3H3,(H,24,26)/b23-14-. The Labute approximate surface area is 154 Å². The number of nitrogens with one attached hydrogen (secondary N) is 1. The minimum Gasteiger partial charge on any atom is -0.347 e. The van der Waals surface area contributed by atoms with Crippen LogP contribution in [0.15, 0.2) is 53.8 Å². The lowest BCUT2D eigenvalue weighted by Gasteiger charge is -2.05. The molecule has 0 saturated heterocycles. The van der Waals surface area contributed by atoms with Crippen LogP contribution in [0.4, 0.5) is 0 Å². The third-order valence-electron chi connectivity index (χ3n) is 4.53. The average Bonchev–Trinajstić information content (AvgIpc) is 2.96. The Kier molecular flexibility index (Phi) is 5.52. The lowest BCUT2D eigenvalue weighted by molar-refractivity contribution is -0.120. The first-order chi connectivity index (χ1) is 12.6. The number of nitrogens with zero attached hydrogens (tertiary/aromatic N) is 2. The minimum atomic E-state index is -0.106. The first kappa shape index (κ1) is 17.9. The lowest BCUT2D eigenvalue weighted by Crippen LogP contribution is -2.20. The first-order valence-electron chi connectivity index (χ1n) is 9.04. The van der Waals surface area contributed by atoms with Crippen molar-refractivity contribution in [2.75, 3.05) is 0 Å². The second kappa shape index (κ2) is 8.00. The van der Waals surface area contributed by atoms with Crippen molar-refractivity contribution in [3.05, 3.63) is 70.9 Å². The fraction of sp³-hybridized carbons (Fsp3) is 0.273. The summed E-state index contributed by atoms with van der Waals surface area (Å²) in [5, 5.41) is 5.32. The van der Waals surface area contributed by atoms with Crippen molar-refractivity contribution in [2.45, 2.75) is 40.2 Å². The van der Waals surface area contributed by atoms with Crippen LogP contribution in [0.1, 0.15) is 35.6 Å². The minimum absolute atomic E-state index is 0.106. The van der Waals surface area contributed by atoms with Gasteiger partial charge in [0.25, 0.3) is 0 Å². The van der Waals surface area contributed by atoms with E-state index >= 15 is 0 Å². The van der Waals surface area contributed by atoms with Crippen LogP contribution >= 0.6 is 0 Å². The predicted octanol–water partition coefficient (Wildman–Crippen LogP) is 4.36. The van der Waals surface area contributed by atoms with Crippen molar-refractivity contribution in [2.24, 2.45) is 5.10 Å². The molecule has 2 aromatic carbocycles. The topological polar surface area (TPSA) is 46.4 Å². The van der Waals surface area contributed by atoms with Crippen molar-refractivity contribution in [1.29, 1.82) is 0 Å². The molecule has 1 amide bonds. The van der Waals surface area contributed by atoms with Gasteiger partial charge in [0, 0.05) is 29.2 Å². The number of hydrazone groups is 1. The fourth-order valence-corrected chi connectivity index (χ4v) is 3.23. The number of fused-ring (bicyclic) bond motifs is 1. The van der Waals surface area contributed by atoms with Crippen molar-refractivity contribution < 1.29 is 4.79 Å². The quantitative estimate of drug-likeness (QED) is 0.523. The molecule has 1 aromatic heterocycles. The highest BCUT2D eigenvalue weighted by molar-refractivity contribution is 5.99. The van der Waals surface area contributed by atoms with Gasteiger partial charge in [-0.25, -0.2) is 5.43 Å². The van der Waals surface area contributed by atoms with Crippen molar-refractivity contribution in [1.82, 2.24) is 9.99 Å². The summed E-state index contributed by atoms with van der Waals surface area (Å²) >= 11 is 0. The summed E-state index contributed by atoms with van der Waals surface area (Å²) in [4.78, 5) is 12.2. The molecule has 0 unspecified atom stereocenters. The molecule has 0 aliphatic rings. The maximum Gasteiger partial charge on any atom is 0.244 e. The van der Waals surface area contributed by atoms with E-state index in [1.807, 2.05) is 31.2 Å². The summed E-state index contributed by atoms with van der Waals surface area (Å²) in [6, 6.07) is 14.4. The molecule has 0 bridgehead atoms. The molecule has 4 heteroatoms. The number of carbonyl (C=O) groups excluding carboxylic acids is 1. The van der Waals surface area contributed by atoms with Gasteiger partial charge in [-0.05, 0) is 37.5 Å². The van der Waals surface area contributed by atoms with E-state index in [-0.39, 0.29) is 5.91 Å². The number of amides is 1. The molecule has 134 valence electrons. The van der Waals surface area contributed by atoms with Crippen molar-refractivity contribution in [3.63, 3.8) is 0 Å². The summed E-state index contributed by atoms with van der Waals surface area (Å²) < 4.78 is 2.23. The van der Waals surface area contributed by atoms with Gasteiger partial charge in [-0.3, -0.25) is 4.79 Å². The molecule has 0 atom stereocenters. The van der Waals surface area contributed by atoms with Crippen LogP contribution in [-0.4, -0.2) is 16.7 Å². The summed E-state index contributed by atoms with van der Waals surface area (Å²) in [6.45, 7) is 7.21. The van der Waals surface area contributed by atoms with Gasteiger partial charge < -0.3 is 4.57 Å². The third-order valence-corrected chi connectivity index (χ3v) is 4.53. The average molecular weight is 347 g/mol. The highest BCUT2D eigenvalue weighted by atomic mass is 16.2. The highest BCUT2D eigenvalue weighted by Crippen LogP contribution is 2.20. The molecular formula is C22H25N3O. The molecule has 0 fully saturated rings. The zero-order chi connectivity index (χ0) is 18.5. The van der Waals surface area contributed by atoms with Crippen LogP contribution in [0, 0.1) is 13.8 Å². The second-order valence-electron chi connectivity index (χ2n) is 6.69. The normalized spacial score (nSPS) is 11.3. The summed E-state index contributed by atoms with van der Waals surface area (Å²) in [7, 11) is 0. The maximum absolute atomic E-state index is 12.2. The van der Waals surface area contributed by atoms with E-state index in [9.17, 15) is 4.79 Å². The smallest absolute Gasteiger partial charge is 0.244 e. The van der Waals surface area contributed by atoms with Crippen LogP contribution in [0.25, 0.3) is 10.9 Å². The Hall–Kier alpha value is -2.88. The Balaban J connectivity index is 1.70. The van der Waals surface area contributed by atoms with Gasteiger partial charge in [0.2, 0.25) is 5.91 Å². The maximum atomic E-state index is 12.2. The van der Waals surface area contributed by atoms with Crippen LogP contribution in [0.5, 0.6) is 0 Å². The van der Waals surface area contributed by atoms with E-state index in [0.717, 1.165) is 35.0 Å². The number of hydrogen-bond acceptors (Lipinski definition) is 2. The molecule has 4 nitrogen and oxygen atoms in total. The molecule has 1 N–H and O–H groups in total. The number of aromatic nitrogens is 1. The zero-order valence-electron chi connectivity index (χ0n) is 15.6. The summed E-state index contributed by atoms with van der Waals surface area (Å²) in [5.74, 6) is -0.106. The molecule has 0 aliphatic heterocycles. The lowest BCUT2D eigenvalue weighted by atomic mass is 10.0. The van der Waals surface area contributed by atoms with Crippen LogP contribution < -0.4 is 5.43 Å². The summed E-state index contributed by atoms with van der Waals surface area (Å²) in [6.07, 6.45) is 5.23. The van der Waals surface area contributed by atoms with E-state index < -0.39 is 0 Å². The second-order valence-corrected chi connectivity index (χ2v) is 6.69. The SMILES string of the molecule is CCCn1cc(/C=N\NC(=O)Cc2ccc(C)cc2C)c2ccccc21. The molecular weight excluding hydrogens is 322 g/mol. The predicted molar refractivity (Wildman–Crippen MR) is 108 cm³/mol. The Morgan fingerprint density at radius 2 is 2.00 bits per heavy atom. The third kappa shape index (κ3) is 4.02. The molecule has 3 rings (SSSR count). The Morgan fingerprint density at radius 3 is 2.77 bits per heavy atom.